The van der Waals surface area contributed by atoms with E-state index < -0.39 is 71.0 Å². The van der Waals surface area contributed by atoms with Gasteiger partial charge in [0.2, 0.25) is 1.43 Å². The quantitative estimate of drug-likeness (QED) is 0.00566. The molecule has 1 aliphatic heterocycles. The van der Waals surface area contributed by atoms with Crippen molar-refractivity contribution in [2.24, 2.45) is 40.5 Å². The first kappa shape index (κ1) is 117. The van der Waals surface area contributed by atoms with E-state index >= 15 is 0 Å². The summed E-state index contributed by atoms with van der Waals surface area (Å²) < 4.78 is 63.7. The number of nitrogens with zero attached hydrogens (tertiary/aromatic N) is 7. The number of nitro benzene ring substituents is 1. The molecule has 0 radical (unpaired) electrons. The number of carbonyl (C=O) groups excluding carboxylic acids is 14. The van der Waals surface area contributed by atoms with Crippen molar-refractivity contribution >= 4 is 148 Å². The fourth-order valence-electron chi connectivity index (χ4n) is 5.15. The molecule has 0 saturated carbocycles. The SMILES string of the molecule is CCC(=O)OC.CCC(=O)OC.CCC(=O)OC.CCC(=O)OC.CN.CN.CN.CN.CN.COC(=O)C(C)C(=O)ON1C(=O)CCC1=O.COC(=O)Oc1cc(Cl)c(Cl)cc1Cl.COC(=O)Oc1ccc([N+](=O)[O-])cc1.COC(=O)On1nnc2ccccc21.COC(=O)n1ccnc1.[2H]OSCC(=O)C(C)C(=O)OC. The third-order valence-corrected chi connectivity index (χ3v) is 12.1. The zero-order valence-electron chi connectivity index (χ0n) is 66.8. The summed E-state index contributed by atoms with van der Waals surface area (Å²) in [6.07, 6.45) is 3.32. The molecule has 0 spiro atoms. The minimum atomic E-state index is -1.17. The molecule has 47 heteroatoms. The number of imidazole rings is 1. The van der Waals surface area contributed by atoms with Gasteiger partial charge < -0.3 is 94.9 Å². The molecule has 2 atom stereocenters. The molecule has 5 aromatic rings. The predicted octanol–water partition coefficient (Wildman–Crippen LogP) is 6.78. The Hall–Kier alpha value is -11.0. The Bertz CT molecular complexity index is 3400. The van der Waals surface area contributed by atoms with E-state index in [1.54, 1.807) is 45.9 Å². The van der Waals surface area contributed by atoms with Crippen LogP contribution in [0.15, 0.2) is 79.4 Å². The van der Waals surface area contributed by atoms with Crippen molar-refractivity contribution < 1.29 is 143 Å². The van der Waals surface area contributed by atoms with E-state index in [9.17, 15) is 77.2 Å². The summed E-state index contributed by atoms with van der Waals surface area (Å²) in [7, 11) is 20.3. The molecule has 3 aromatic carbocycles. The van der Waals surface area contributed by atoms with Crippen LogP contribution in [0.5, 0.6) is 11.5 Å². The van der Waals surface area contributed by atoms with Gasteiger partial charge in [-0.05, 0) is 96.7 Å². The lowest BCUT2D eigenvalue weighted by atomic mass is 10.1. The number of imide groups is 1. The number of carbonyl (C=O) groups is 14. The molecule has 636 valence electrons. The van der Waals surface area contributed by atoms with Crippen LogP contribution in [0.25, 0.3) is 12.5 Å². The number of nitro groups is 1. The number of benzene rings is 3. The Morgan fingerprint density at radius 3 is 1.34 bits per heavy atom. The highest BCUT2D eigenvalue weighted by Crippen LogP contribution is 2.34. The number of methoxy groups -OCH3 is 10. The molecular weight excluding hydrogens is 1580 g/mol. The van der Waals surface area contributed by atoms with E-state index in [2.05, 4.69) is 105 Å². The number of amides is 2. The van der Waals surface area contributed by atoms with Crippen LogP contribution in [0.1, 0.15) is 80.1 Å². The number of hydroxylamine groups is 2. The van der Waals surface area contributed by atoms with Gasteiger partial charge in [-0.1, -0.05) is 79.5 Å². The normalized spacial score (nSPS) is 10.0. The summed E-state index contributed by atoms with van der Waals surface area (Å²) in [6.45, 7) is 9.74. The van der Waals surface area contributed by atoms with Crippen LogP contribution in [-0.4, -0.2) is 235 Å². The predicted molar refractivity (Wildman–Crippen MR) is 407 cm³/mol. The number of fused-ring (bicyclic) bond motifs is 1. The fourth-order valence-corrected chi connectivity index (χ4v) is 6.09. The maximum absolute atomic E-state index is 11.3. The minimum Gasteiger partial charge on any atom is -0.469 e. The Kier molecular flexibility index (Phi) is 83.0. The molecule has 2 unspecified atom stereocenters. The fraction of sp³-hybridized carbons (Fsp3) is 0.462. The number of para-hydroxylation sites is 1. The number of hydrogen-bond donors (Lipinski definition) is 6. The molecule has 11 N–H and O–H groups in total. The van der Waals surface area contributed by atoms with Crippen molar-refractivity contribution in [3.8, 4) is 11.5 Å². The van der Waals surface area contributed by atoms with Crippen LogP contribution in [-0.2, 0) is 100 Å². The van der Waals surface area contributed by atoms with Crippen LogP contribution < -0.4 is 43.0 Å². The first-order valence-electron chi connectivity index (χ1n) is 31.8. The number of ketones is 1. The van der Waals surface area contributed by atoms with E-state index in [1.807, 2.05) is 6.07 Å². The molecule has 2 amide bonds. The third kappa shape index (κ3) is 59.9. The lowest BCUT2D eigenvalue weighted by Gasteiger charge is -2.14. The zero-order chi connectivity index (χ0) is 89.7. The van der Waals surface area contributed by atoms with Crippen LogP contribution in [0.4, 0.5) is 24.9 Å². The molecule has 1 aliphatic rings. The van der Waals surface area contributed by atoms with E-state index in [-0.39, 0.29) is 80.5 Å². The molecule has 112 heavy (non-hydrogen) atoms. The third-order valence-electron chi connectivity index (χ3n) is 10.7. The zero-order valence-corrected chi connectivity index (χ0v) is 68.9. The van der Waals surface area contributed by atoms with Crippen molar-refractivity contribution in [2.45, 2.75) is 80.1 Å². The Labute approximate surface area is 667 Å². The lowest BCUT2D eigenvalue weighted by Crippen LogP contribution is -2.36. The van der Waals surface area contributed by atoms with E-state index in [4.69, 9.17) is 45.8 Å². The highest BCUT2D eigenvalue weighted by Gasteiger charge is 2.36. The van der Waals surface area contributed by atoms with Crippen molar-refractivity contribution in [3.05, 3.63) is 105 Å². The second-order valence-electron chi connectivity index (χ2n) is 17.4. The summed E-state index contributed by atoms with van der Waals surface area (Å²) in [4.78, 5) is 172. The van der Waals surface area contributed by atoms with E-state index in [0.29, 0.717) is 53.8 Å². The molecule has 0 aliphatic carbocycles. The molecule has 0 bridgehead atoms. The van der Waals surface area contributed by atoms with Crippen LogP contribution >= 0.6 is 46.8 Å². The van der Waals surface area contributed by atoms with Crippen molar-refractivity contribution in [1.82, 2.24) is 29.8 Å². The van der Waals surface area contributed by atoms with Gasteiger partial charge in [-0.25, -0.2) is 33.5 Å². The first-order valence-corrected chi connectivity index (χ1v) is 33.4. The van der Waals surface area contributed by atoms with Gasteiger partial charge in [-0.3, -0.25) is 58.1 Å². The number of Topliss-reactive ketones (excluding diaryl/α,β-unsaturated/α-hetero) is 1. The molecular formula is C65H103Cl3N12O31S. The maximum Gasteiger partial charge on any atom is 0.534 e. The van der Waals surface area contributed by atoms with Crippen LogP contribution in [0, 0.1) is 22.0 Å². The molecule has 1 saturated heterocycles. The van der Waals surface area contributed by atoms with Gasteiger partial charge in [0.05, 0.1) is 96.8 Å². The van der Waals surface area contributed by atoms with Crippen molar-refractivity contribution in [2.75, 3.05) is 112 Å². The summed E-state index contributed by atoms with van der Waals surface area (Å²) in [6, 6.07) is 14.9. The second-order valence-corrected chi connectivity index (χ2v) is 19.2. The molecule has 6 rings (SSSR count). The Morgan fingerprint density at radius 1 is 0.554 bits per heavy atom. The number of rotatable bonds is 16. The number of hydrogen-bond acceptors (Lipinski definition) is 40. The highest BCUT2D eigenvalue weighted by molar-refractivity contribution is 7.94. The standard InChI is InChI=1S/C9H11NO6.C8H5Cl3O3.C8H7N3O3.C8H7NO5.C6H10O4S.C5H6N2O2.4C4H8O2.5CH5N/c1-5(8(13)15-2)9(14)16-10-6(11)3-4-7(10)12;1-13-8(12)14-7-3-5(10)4(9)2-6(7)11;1-13-8(12)14-11-7-5-3-2-4-6(7)9-10-11;1-13-8(10)14-7-4-2-6(3-5-7)9(11)12;1-4(6(8)10-2)5(7)3-11-9;1-9-5(8)7-3-2-6-4-7;4*1-3-4(5)6-2;5*1-2/h5H,3-4H2,1-2H3;2-3H,1H3;2*2-5H,1H3;4,9H,3H2,1-2H3;2-4H,1H3;4*3H2,1-2H3;5*2H2,1H3/i/hD. The highest BCUT2D eigenvalue weighted by atomic mass is 35.5. The van der Waals surface area contributed by atoms with Crippen LogP contribution in [0.3, 0.4) is 0 Å². The number of esters is 6. The molecule has 43 nitrogen and oxygen atoms in total. The van der Waals surface area contributed by atoms with Crippen molar-refractivity contribution in [1.29, 1.82) is 1.43 Å². The van der Waals surface area contributed by atoms with Gasteiger partial charge in [-0.15, -0.1) is 10.2 Å². The van der Waals surface area contributed by atoms with Gasteiger partial charge in [0.25, 0.3) is 17.5 Å². The van der Waals surface area contributed by atoms with E-state index in [1.165, 1.54) is 173 Å². The van der Waals surface area contributed by atoms with E-state index in [0.717, 1.165) is 12.0 Å². The largest absolute Gasteiger partial charge is 0.534 e. The lowest BCUT2D eigenvalue weighted by molar-refractivity contribution is -0.384. The smallest absolute Gasteiger partial charge is 0.469 e. The van der Waals surface area contributed by atoms with Gasteiger partial charge in [0, 0.05) is 69.1 Å². The Balaban J connectivity index is -0.000000153. The summed E-state index contributed by atoms with van der Waals surface area (Å²) in [5.74, 6) is -6.12. The Morgan fingerprint density at radius 2 is 0.973 bits per heavy atom. The topological polar surface area (TPSA) is 613 Å². The molecule has 2 aromatic heterocycles. The van der Waals surface area contributed by atoms with Gasteiger partial charge in [-0.2, -0.15) is 0 Å². The molecule has 3 heterocycles. The van der Waals surface area contributed by atoms with Crippen molar-refractivity contribution in [3.63, 3.8) is 0 Å². The first-order chi connectivity index (χ1) is 53.7. The number of nitrogens with two attached hydrogens (primary N) is 5. The van der Waals surface area contributed by atoms with Gasteiger partial charge in [0.1, 0.15) is 29.0 Å². The number of halogens is 3. The second kappa shape index (κ2) is 79.6. The number of aromatic nitrogens is 5. The number of non-ortho nitro benzene ring substituents is 1. The average molecular weight is 1690 g/mol. The summed E-state index contributed by atoms with van der Waals surface area (Å²) >= 11 is 17.8. The van der Waals surface area contributed by atoms with Crippen LogP contribution in [0.2, 0.25) is 15.1 Å². The minimum absolute atomic E-state index is 0.0126. The molecule has 1 fully saturated rings. The van der Waals surface area contributed by atoms with Gasteiger partial charge in [0.15, 0.2) is 17.5 Å². The average Bonchev–Trinajstić information content (AvgIpc) is 1.69. The maximum atomic E-state index is 11.3. The number of ether oxygens (including phenoxy) is 12. The summed E-state index contributed by atoms with van der Waals surface area (Å²) in [5.41, 5.74) is 23.7. The monoisotopic (exact) mass is 1690 g/mol. The summed E-state index contributed by atoms with van der Waals surface area (Å²) in [5, 5.41) is 18.8. The van der Waals surface area contributed by atoms with Gasteiger partial charge >= 0.3 is 66.3 Å².